The largest absolute Gasteiger partial charge is 0.496 e. The van der Waals surface area contributed by atoms with Gasteiger partial charge in [-0.15, -0.1) is 0 Å². The molecule has 9 nitrogen and oxygen atoms in total. The van der Waals surface area contributed by atoms with E-state index in [4.69, 9.17) is 44.3 Å². The smallest absolute Gasteiger partial charge is 0.257 e. The van der Waals surface area contributed by atoms with Crippen molar-refractivity contribution in [3.8, 4) is 17.2 Å². The second-order valence-electron chi connectivity index (χ2n) is 10.7. The van der Waals surface area contributed by atoms with Crippen LogP contribution in [0.5, 0.6) is 17.2 Å². The van der Waals surface area contributed by atoms with Gasteiger partial charge < -0.3 is 19.7 Å². The highest BCUT2D eigenvalue weighted by Crippen LogP contribution is 2.36. The standard InChI is InChI=1S/C31H32Cl3N3O6S/c1-42-28-7-5-21(32)18-26(28)31(39)36-13-9-20(10-14-36)30(38)35-27-19-25(44(40,41)37-11-3-2-4-12-37)6-8-29(27)43-24-16-22(33)15-23(34)17-24/h5-8,15-20H,2-4,9-14H2,1H3,(H,35,38). The van der Waals surface area contributed by atoms with Crippen molar-refractivity contribution < 1.29 is 27.5 Å². The zero-order valence-corrected chi connectivity index (χ0v) is 27.1. The molecule has 44 heavy (non-hydrogen) atoms. The molecule has 0 aliphatic carbocycles. The summed E-state index contributed by atoms with van der Waals surface area (Å²) in [5.74, 6) is 0.0276. The molecular weight excluding hydrogens is 649 g/mol. The molecule has 0 aromatic heterocycles. The van der Waals surface area contributed by atoms with Crippen molar-refractivity contribution in [2.45, 2.75) is 37.0 Å². The molecule has 2 aliphatic heterocycles. The van der Waals surface area contributed by atoms with Gasteiger partial charge in [0.25, 0.3) is 5.91 Å². The van der Waals surface area contributed by atoms with E-state index in [1.807, 2.05) is 0 Å². The number of hydrogen-bond donors (Lipinski definition) is 1. The Kier molecular flexibility index (Phi) is 10.3. The van der Waals surface area contributed by atoms with Gasteiger partial charge in [0, 0.05) is 47.2 Å². The first kappa shape index (κ1) is 32.4. The summed E-state index contributed by atoms with van der Waals surface area (Å²) in [5.41, 5.74) is 0.559. The zero-order valence-electron chi connectivity index (χ0n) is 24.0. The fourth-order valence-electron chi connectivity index (χ4n) is 5.42. The molecule has 0 radical (unpaired) electrons. The van der Waals surface area contributed by atoms with Crippen LogP contribution in [0.2, 0.25) is 15.1 Å². The minimum absolute atomic E-state index is 0.0575. The molecule has 3 aromatic rings. The molecule has 13 heteroatoms. The van der Waals surface area contributed by atoms with Crippen LogP contribution in [0.1, 0.15) is 42.5 Å². The van der Waals surface area contributed by atoms with Gasteiger partial charge in [0.2, 0.25) is 15.9 Å². The number of hydrogen-bond acceptors (Lipinski definition) is 6. The van der Waals surface area contributed by atoms with Crippen molar-refractivity contribution in [2.24, 2.45) is 5.92 Å². The van der Waals surface area contributed by atoms with Crippen molar-refractivity contribution >= 4 is 62.3 Å². The van der Waals surface area contributed by atoms with Crippen molar-refractivity contribution in [3.05, 3.63) is 75.2 Å². The van der Waals surface area contributed by atoms with Gasteiger partial charge >= 0.3 is 0 Å². The third-order valence-electron chi connectivity index (χ3n) is 7.77. The number of rotatable bonds is 8. The van der Waals surface area contributed by atoms with E-state index in [0.29, 0.717) is 71.2 Å². The van der Waals surface area contributed by atoms with Crippen molar-refractivity contribution in [1.29, 1.82) is 0 Å². The highest BCUT2D eigenvalue weighted by atomic mass is 35.5. The molecule has 2 saturated heterocycles. The second kappa shape index (κ2) is 14.0. The maximum Gasteiger partial charge on any atom is 0.257 e. The Morgan fingerprint density at radius 2 is 1.48 bits per heavy atom. The monoisotopic (exact) mass is 679 g/mol. The van der Waals surface area contributed by atoms with Gasteiger partial charge in [-0.05, 0) is 80.3 Å². The van der Waals surface area contributed by atoms with Crippen molar-refractivity contribution in [2.75, 3.05) is 38.6 Å². The molecule has 0 bridgehead atoms. The van der Waals surface area contributed by atoms with Crippen LogP contribution in [0.3, 0.4) is 0 Å². The number of likely N-dealkylation sites (tertiary alicyclic amines) is 1. The highest BCUT2D eigenvalue weighted by Gasteiger charge is 2.31. The molecule has 2 fully saturated rings. The summed E-state index contributed by atoms with van der Waals surface area (Å²) in [6.07, 6.45) is 3.40. The molecule has 5 rings (SSSR count). The summed E-state index contributed by atoms with van der Waals surface area (Å²) in [7, 11) is -2.29. The number of nitrogens with zero attached hydrogens (tertiary/aromatic N) is 2. The Bertz CT molecular complexity index is 1640. The molecule has 0 atom stereocenters. The Morgan fingerprint density at radius 3 is 2.14 bits per heavy atom. The predicted octanol–water partition coefficient (Wildman–Crippen LogP) is 7.11. The summed E-state index contributed by atoms with van der Waals surface area (Å²) in [6.45, 7) is 1.59. The van der Waals surface area contributed by atoms with E-state index in [1.165, 1.54) is 29.6 Å². The van der Waals surface area contributed by atoms with E-state index < -0.39 is 15.9 Å². The molecule has 2 aliphatic rings. The van der Waals surface area contributed by atoms with Crippen LogP contribution in [0.4, 0.5) is 5.69 Å². The molecule has 3 aromatic carbocycles. The molecule has 2 amide bonds. The van der Waals surface area contributed by atoms with Crippen LogP contribution >= 0.6 is 34.8 Å². The lowest BCUT2D eigenvalue weighted by molar-refractivity contribution is -0.121. The lowest BCUT2D eigenvalue weighted by Gasteiger charge is -2.32. The Labute approximate surface area is 272 Å². The average molecular weight is 681 g/mol. The summed E-state index contributed by atoms with van der Waals surface area (Å²) < 4.78 is 39.7. The van der Waals surface area contributed by atoms with Gasteiger partial charge in [0.1, 0.15) is 11.5 Å². The molecule has 0 saturated carbocycles. The molecule has 2 heterocycles. The topological polar surface area (TPSA) is 105 Å². The highest BCUT2D eigenvalue weighted by molar-refractivity contribution is 7.89. The van der Waals surface area contributed by atoms with Gasteiger partial charge in [-0.25, -0.2) is 8.42 Å². The van der Waals surface area contributed by atoms with E-state index >= 15 is 0 Å². The first-order valence-corrected chi connectivity index (χ1v) is 16.8. The lowest BCUT2D eigenvalue weighted by Crippen LogP contribution is -2.41. The maximum atomic E-state index is 13.5. The van der Waals surface area contributed by atoms with E-state index in [1.54, 1.807) is 41.3 Å². The quantitative estimate of drug-likeness (QED) is 0.272. The Morgan fingerprint density at radius 1 is 0.818 bits per heavy atom. The Hall–Kier alpha value is -3.02. The number of piperidine rings is 2. The van der Waals surface area contributed by atoms with E-state index in [2.05, 4.69) is 5.32 Å². The van der Waals surface area contributed by atoms with Gasteiger partial charge in [-0.1, -0.05) is 41.2 Å². The fourth-order valence-corrected chi connectivity index (χ4v) is 7.64. The predicted molar refractivity (Wildman–Crippen MR) is 171 cm³/mol. The van der Waals surface area contributed by atoms with Crippen LogP contribution in [0.15, 0.2) is 59.5 Å². The molecular formula is C31H32Cl3N3O6S. The average Bonchev–Trinajstić information content (AvgIpc) is 3.01. The van der Waals surface area contributed by atoms with E-state index in [9.17, 15) is 18.0 Å². The number of carbonyl (C=O) groups is 2. The molecule has 0 spiro atoms. The summed E-state index contributed by atoms with van der Waals surface area (Å²) in [4.78, 5) is 28.5. The van der Waals surface area contributed by atoms with Gasteiger partial charge in [0.15, 0.2) is 5.75 Å². The molecule has 1 N–H and O–H groups in total. The lowest BCUT2D eigenvalue weighted by atomic mass is 9.95. The van der Waals surface area contributed by atoms with Crippen molar-refractivity contribution in [3.63, 3.8) is 0 Å². The van der Waals surface area contributed by atoms with E-state index in [0.717, 1.165) is 19.3 Å². The number of nitrogens with one attached hydrogen (secondary N) is 1. The van der Waals surface area contributed by atoms with Crippen LogP contribution in [0, 0.1) is 5.92 Å². The van der Waals surface area contributed by atoms with Crippen LogP contribution < -0.4 is 14.8 Å². The van der Waals surface area contributed by atoms with Crippen LogP contribution in [-0.4, -0.2) is 62.7 Å². The van der Waals surface area contributed by atoms with E-state index in [-0.39, 0.29) is 28.1 Å². The SMILES string of the molecule is COc1ccc(Cl)cc1C(=O)N1CCC(C(=O)Nc2cc(S(=O)(=O)N3CCCCC3)ccc2Oc2cc(Cl)cc(Cl)c2)CC1. The molecule has 234 valence electrons. The number of amides is 2. The number of carbonyl (C=O) groups excluding carboxylic acids is 2. The van der Waals surface area contributed by atoms with Gasteiger partial charge in [0.05, 0.1) is 23.3 Å². The van der Waals surface area contributed by atoms with Crippen LogP contribution in [0.25, 0.3) is 0 Å². The summed E-state index contributed by atoms with van der Waals surface area (Å²) in [5, 5.41) is 4.04. The summed E-state index contributed by atoms with van der Waals surface area (Å²) >= 11 is 18.4. The number of halogens is 3. The first-order valence-electron chi connectivity index (χ1n) is 14.3. The number of methoxy groups -OCH3 is 1. The number of benzene rings is 3. The normalized spacial score (nSPS) is 16.4. The minimum atomic E-state index is -3.78. The van der Waals surface area contributed by atoms with Gasteiger partial charge in [-0.2, -0.15) is 4.31 Å². The maximum absolute atomic E-state index is 13.5. The van der Waals surface area contributed by atoms with Gasteiger partial charge in [-0.3, -0.25) is 9.59 Å². The fraction of sp³-hybridized carbons (Fsp3) is 0.355. The third-order valence-corrected chi connectivity index (χ3v) is 10.3. The number of ether oxygens (including phenoxy) is 2. The first-order chi connectivity index (χ1) is 21.0. The van der Waals surface area contributed by atoms with Crippen LogP contribution in [-0.2, 0) is 14.8 Å². The van der Waals surface area contributed by atoms with Crippen molar-refractivity contribution in [1.82, 2.24) is 9.21 Å². The number of anilines is 1. The summed E-state index contributed by atoms with van der Waals surface area (Å²) in [6, 6.07) is 14.0. The minimum Gasteiger partial charge on any atom is -0.496 e. The molecule has 0 unspecified atom stereocenters. The Balaban J connectivity index is 1.35. The third kappa shape index (κ3) is 7.43. The second-order valence-corrected chi connectivity index (χ2v) is 14.0. The number of sulfonamides is 1. The zero-order chi connectivity index (χ0) is 31.4.